The molecule has 2 saturated heterocycles. The van der Waals surface area contributed by atoms with E-state index in [-0.39, 0.29) is 86.2 Å². The van der Waals surface area contributed by atoms with Gasteiger partial charge in [0, 0.05) is 31.1 Å². The van der Waals surface area contributed by atoms with Gasteiger partial charge in [0.1, 0.15) is 24.2 Å². The van der Waals surface area contributed by atoms with E-state index in [4.69, 9.17) is 4.74 Å². The Kier molecular flexibility index (Phi) is 18.8. The third-order valence-corrected chi connectivity index (χ3v) is 15.9. The Labute approximate surface area is 449 Å². The van der Waals surface area contributed by atoms with Crippen molar-refractivity contribution in [1.29, 1.82) is 0 Å². The van der Waals surface area contributed by atoms with Gasteiger partial charge < -0.3 is 51.8 Å². The van der Waals surface area contributed by atoms with Gasteiger partial charge in [-0.25, -0.2) is 0 Å². The maximum Gasteiger partial charge on any atom is 0.251 e. The third kappa shape index (κ3) is 13.9. The van der Waals surface area contributed by atoms with Gasteiger partial charge in [-0.1, -0.05) is 102 Å². The fourth-order valence-corrected chi connectivity index (χ4v) is 11.0. The zero-order valence-electron chi connectivity index (χ0n) is 46.3. The molecule has 10 atom stereocenters. The van der Waals surface area contributed by atoms with Crippen LogP contribution in [0.25, 0.3) is 0 Å². The Hall–Kier alpha value is -6.17. The highest BCUT2D eigenvalue weighted by Crippen LogP contribution is 2.34. The summed E-state index contributed by atoms with van der Waals surface area (Å²) >= 11 is 0. The first-order chi connectivity index (χ1) is 36.1. The van der Waals surface area contributed by atoms with Crippen molar-refractivity contribution in [3.63, 3.8) is 0 Å². The van der Waals surface area contributed by atoms with Crippen LogP contribution in [0, 0.1) is 10.8 Å². The van der Waals surface area contributed by atoms with Crippen molar-refractivity contribution in [3.05, 3.63) is 106 Å². The Balaban J connectivity index is 1.03. The molecule has 2 aliphatic carbocycles. The Morgan fingerprint density at radius 2 is 1.08 bits per heavy atom. The molecule has 0 radical (unpaired) electrons. The first-order valence-electron chi connectivity index (χ1n) is 27.4. The van der Waals surface area contributed by atoms with E-state index in [9.17, 15) is 33.6 Å². The smallest absolute Gasteiger partial charge is 0.251 e. The molecule has 2 aliphatic heterocycles. The lowest BCUT2D eigenvalue weighted by Crippen LogP contribution is -2.63. The number of likely N-dealkylation sites (N-methyl/N-ethyl adjacent to an activating group) is 2. The van der Waals surface area contributed by atoms with Crippen LogP contribution in [0.1, 0.15) is 151 Å². The summed E-state index contributed by atoms with van der Waals surface area (Å²) < 4.78 is 6.50. The zero-order valence-corrected chi connectivity index (χ0v) is 46.3. The summed E-state index contributed by atoms with van der Waals surface area (Å²) in [5.41, 5.74) is 4.36. The first kappa shape index (κ1) is 57.5. The summed E-state index contributed by atoms with van der Waals surface area (Å²) in [6, 6.07) is 17.6. The highest BCUT2D eigenvalue weighted by atomic mass is 16.5. The number of nitrogens with one attached hydrogen (secondary N) is 7. The van der Waals surface area contributed by atoms with Crippen LogP contribution in [0.3, 0.4) is 0 Å². The van der Waals surface area contributed by atoms with Gasteiger partial charge in [-0.05, 0) is 130 Å². The molecule has 2 heterocycles. The van der Waals surface area contributed by atoms with E-state index < -0.39 is 59.0 Å². The Morgan fingerprint density at radius 3 is 1.57 bits per heavy atom. The number of hydrogen-bond donors (Lipinski definition) is 7. The topological polar surface area (TPSA) is 219 Å². The molecule has 0 saturated carbocycles. The second-order valence-electron chi connectivity index (χ2n) is 23.6. The molecule has 17 heteroatoms. The van der Waals surface area contributed by atoms with E-state index in [1.165, 1.54) is 16.0 Å². The molecule has 2 fully saturated rings. The number of amides is 7. The van der Waals surface area contributed by atoms with Gasteiger partial charge in [-0.3, -0.25) is 33.6 Å². The van der Waals surface area contributed by atoms with E-state index in [2.05, 4.69) is 55.4 Å². The van der Waals surface area contributed by atoms with E-state index >= 15 is 0 Å². The van der Waals surface area contributed by atoms with Crippen molar-refractivity contribution in [3.8, 4) is 0 Å². The number of likely N-dealkylation sites (tertiary alicyclic amines) is 2. The molecule has 0 spiro atoms. The second kappa shape index (κ2) is 24.9. The zero-order chi connectivity index (χ0) is 55.1. The summed E-state index contributed by atoms with van der Waals surface area (Å²) in [5.74, 6) is -2.31. The van der Waals surface area contributed by atoms with Gasteiger partial charge in [0.15, 0.2) is 0 Å². The highest BCUT2D eigenvalue weighted by molar-refractivity contribution is 5.97. The maximum atomic E-state index is 14.6. The van der Waals surface area contributed by atoms with Crippen molar-refractivity contribution in [2.45, 2.75) is 180 Å². The molecule has 7 N–H and O–H groups in total. The van der Waals surface area contributed by atoms with E-state index in [1.807, 2.05) is 84.0 Å². The van der Waals surface area contributed by atoms with Crippen LogP contribution in [0.4, 0.5) is 0 Å². The van der Waals surface area contributed by atoms with Gasteiger partial charge in [-0.15, -0.1) is 0 Å². The summed E-state index contributed by atoms with van der Waals surface area (Å²) in [6.45, 7) is 15.3. The predicted octanol–water partition coefficient (Wildman–Crippen LogP) is 4.93. The van der Waals surface area contributed by atoms with Crippen LogP contribution in [0.5, 0.6) is 0 Å². The van der Waals surface area contributed by atoms with Crippen LogP contribution in [-0.2, 0) is 53.0 Å². The summed E-state index contributed by atoms with van der Waals surface area (Å²) in [5, 5.41) is 21.4. The number of aryl methyl sites for hydroxylation is 2. The second-order valence-corrected chi connectivity index (χ2v) is 23.6. The van der Waals surface area contributed by atoms with Gasteiger partial charge in [0.05, 0.1) is 36.9 Å². The Bertz CT molecular complexity index is 2570. The molecule has 7 rings (SSSR count). The van der Waals surface area contributed by atoms with Crippen LogP contribution in [-0.4, -0.2) is 127 Å². The summed E-state index contributed by atoms with van der Waals surface area (Å²) in [6.07, 6.45) is 5.76. The SMILES string of the molecule is CNC(C)C(=O)NC(C(=O)N1CCC(OCc2ccc(C(=O)NC3CC(C(=O)NC4CCCc5ccccc54)N(C(=O)C(NC(=O)C(C)NC)C(C)(C)C)C3)cc2)CC1C(=O)NC1CCCc2ccccc21)C(C)(C)C. The number of fused-ring (bicyclic) bond motifs is 2. The van der Waals surface area contributed by atoms with Crippen molar-refractivity contribution in [2.75, 3.05) is 27.2 Å². The number of carbonyl (C=O) groups excluding carboxylic acids is 7. The minimum Gasteiger partial charge on any atom is -0.373 e. The Morgan fingerprint density at radius 1 is 0.605 bits per heavy atom. The van der Waals surface area contributed by atoms with Crippen LogP contribution in [0.2, 0.25) is 0 Å². The maximum absolute atomic E-state index is 14.6. The number of rotatable bonds is 17. The lowest BCUT2D eigenvalue weighted by molar-refractivity contribution is -0.151. The van der Waals surface area contributed by atoms with Crippen molar-refractivity contribution in [2.24, 2.45) is 10.8 Å². The molecule has 7 amide bonds. The van der Waals surface area contributed by atoms with E-state index in [1.54, 1.807) is 45.0 Å². The number of piperidine rings is 1. The standard InChI is InChI=1S/C59H83N9O8/c1-35(60-9)51(69)65-49(58(3,4)5)56(74)67-30-29-42(32-48(67)55(73)64-46-24-16-20-39-18-12-14-22-44(39)46)76-34-37-25-27-40(28-26-37)53(71)62-41-31-47(54(72)63-45-23-15-19-38-17-11-13-21-43(38)45)68(33-41)57(75)50(59(6,7)8)66-52(70)36(2)61-10/h11-14,17-18,21-22,25-28,35-36,41-42,45-50,60-61H,15-16,19-20,23-24,29-34H2,1-10H3,(H,62,71)(H,63,72)(H,64,73)(H,65,69)(H,66,70). The molecular formula is C59H83N9O8. The fourth-order valence-electron chi connectivity index (χ4n) is 11.0. The van der Waals surface area contributed by atoms with Gasteiger partial charge in [0.2, 0.25) is 35.4 Å². The van der Waals surface area contributed by atoms with Crippen LogP contribution < -0.4 is 37.2 Å². The average molecular weight is 1050 g/mol. The van der Waals surface area contributed by atoms with Crippen LogP contribution >= 0.6 is 0 Å². The first-order valence-corrected chi connectivity index (χ1v) is 27.4. The quantitative estimate of drug-likeness (QED) is 0.0968. The molecule has 76 heavy (non-hydrogen) atoms. The summed E-state index contributed by atoms with van der Waals surface area (Å²) in [7, 11) is 3.36. The summed E-state index contributed by atoms with van der Waals surface area (Å²) in [4.78, 5) is 102. The molecule has 17 nitrogen and oxygen atoms in total. The number of ether oxygens (including phenoxy) is 1. The fraction of sp³-hybridized carbons (Fsp3) is 0.576. The van der Waals surface area contributed by atoms with Crippen LogP contribution in [0.15, 0.2) is 72.8 Å². The van der Waals surface area contributed by atoms with Crippen molar-refractivity contribution < 1.29 is 38.3 Å². The lowest BCUT2D eigenvalue weighted by Gasteiger charge is -2.43. The molecule has 3 aromatic carbocycles. The van der Waals surface area contributed by atoms with Gasteiger partial charge in [-0.2, -0.15) is 0 Å². The van der Waals surface area contributed by atoms with Gasteiger partial charge in [0.25, 0.3) is 5.91 Å². The van der Waals surface area contributed by atoms with E-state index in [0.29, 0.717) is 12.0 Å². The molecule has 4 aliphatic rings. The lowest BCUT2D eigenvalue weighted by atomic mass is 9.84. The predicted molar refractivity (Wildman–Crippen MR) is 291 cm³/mol. The van der Waals surface area contributed by atoms with Gasteiger partial charge >= 0.3 is 0 Å². The number of hydrogen-bond acceptors (Lipinski definition) is 10. The van der Waals surface area contributed by atoms with Crippen molar-refractivity contribution >= 4 is 41.4 Å². The monoisotopic (exact) mass is 1050 g/mol. The molecular weight excluding hydrogens is 963 g/mol. The molecule has 0 aromatic heterocycles. The highest BCUT2D eigenvalue weighted by Gasteiger charge is 2.47. The minimum atomic E-state index is -0.948. The molecule has 10 unspecified atom stereocenters. The third-order valence-electron chi connectivity index (χ3n) is 15.9. The number of nitrogens with zero attached hydrogens (tertiary/aromatic N) is 2. The van der Waals surface area contributed by atoms with Crippen molar-refractivity contribution in [1.82, 2.24) is 47.0 Å². The number of benzene rings is 3. The van der Waals surface area contributed by atoms with E-state index in [0.717, 1.165) is 55.2 Å². The molecule has 412 valence electrons. The largest absolute Gasteiger partial charge is 0.373 e. The minimum absolute atomic E-state index is 0.0677. The number of carbonyl (C=O) groups is 7. The molecule has 3 aromatic rings. The normalized spacial score (nSPS) is 23.1. The molecule has 0 bridgehead atoms. The average Bonchev–Trinajstić information content (AvgIpc) is 3.83.